The van der Waals surface area contributed by atoms with E-state index in [-0.39, 0.29) is 12.1 Å². The van der Waals surface area contributed by atoms with Gasteiger partial charge in [-0.15, -0.1) is 0 Å². The van der Waals surface area contributed by atoms with Crippen LogP contribution in [0.1, 0.15) is 42.6 Å². The number of rotatable bonds is 3. The van der Waals surface area contributed by atoms with Crippen molar-refractivity contribution in [1.29, 1.82) is 0 Å². The van der Waals surface area contributed by atoms with E-state index < -0.39 is 5.54 Å². The number of carbonyl (C=O) groups is 1. The molecule has 0 aliphatic heterocycles. The average molecular weight is 295 g/mol. The van der Waals surface area contributed by atoms with Crippen LogP contribution in [0.15, 0.2) is 54.6 Å². The Bertz CT molecular complexity index is 668. The third kappa shape index (κ3) is 2.64. The van der Waals surface area contributed by atoms with Gasteiger partial charge in [-0.3, -0.25) is 0 Å². The molecule has 1 aliphatic rings. The molecule has 0 saturated heterocycles. The standard InChI is InChI=1S/C19H21NO2/c1-14(15-8-3-2-4-9-15)22-18(21)19(20)13-7-11-16-10-5-6-12-17(16)19/h2-6,8-10,12,14H,7,11,13,20H2,1H3. The predicted molar refractivity (Wildman–Crippen MR) is 86.2 cm³/mol. The molecule has 0 spiro atoms. The molecule has 22 heavy (non-hydrogen) atoms. The van der Waals surface area contributed by atoms with E-state index in [2.05, 4.69) is 0 Å². The molecule has 3 heteroatoms. The zero-order valence-corrected chi connectivity index (χ0v) is 12.8. The first kappa shape index (κ1) is 14.8. The van der Waals surface area contributed by atoms with E-state index in [0.29, 0.717) is 6.42 Å². The van der Waals surface area contributed by atoms with E-state index in [1.54, 1.807) is 0 Å². The highest BCUT2D eigenvalue weighted by atomic mass is 16.5. The third-order valence-corrected chi connectivity index (χ3v) is 4.43. The molecule has 0 heterocycles. The van der Waals surface area contributed by atoms with Crippen molar-refractivity contribution in [3.05, 3.63) is 71.3 Å². The lowest BCUT2D eigenvalue weighted by atomic mass is 9.77. The largest absolute Gasteiger partial charge is 0.456 e. The Balaban J connectivity index is 1.83. The van der Waals surface area contributed by atoms with E-state index in [1.807, 2.05) is 61.5 Å². The van der Waals surface area contributed by atoms with Crippen LogP contribution in [0.5, 0.6) is 0 Å². The Labute approximate surface area is 131 Å². The Morgan fingerprint density at radius 1 is 1.14 bits per heavy atom. The first-order chi connectivity index (χ1) is 10.6. The molecule has 0 bridgehead atoms. The van der Waals surface area contributed by atoms with Gasteiger partial charge in [0, 0.05) is 0 Å². The van der Waals surface area contributed by atoms with Gasteiger partial charge in [0.1, 0.15) is 11.6 Å². The molecule has 3 rings (SSSR count). The summed E-state index contributed by atoms with van der Waals surface area (Å²) in [5, 5.41) is 0. The summed E-state index contributed by atoms with van der Waals surface area (Å²) in [6.07, 6.45) is 2.20. The molecule has 0 fully saturated rings. The average Bonchev–Trinajstić information content (AvgIpc) is 2.56. The minimum absolute atomic E-state index is 0.303. The van der Waals surface area contributed by atoms with Crippen molar-refractivity contribution in [2.24, 2.45) is 5.73 Å². The van der Waals surface area contributed by atoms with E-state index in [0.717, 1.165) is 29.5 Å². The Hall–Kier alpha value is -2.13. The monoisotopic (exact) mass is 295 g/mol. The summed E-state index contributed by atoms with van der Waals surface area (Å²) >= 11 is 0. The molecule has 2 aromatic rings. The summed E-state index contributed by atoms with van der Waals surface area (Å²) < 4.78 is 5.67. The van der Waals surface area contributed by atoms with Crippen molar-refractivity contribution >= 4 is 5.97 Å². The van der Waals surface area contributed by atoms with E-state index in [1.165, 1.54) is 0 Å². The molecule has 0 saturated carbocycles. The molecule has 2 atom stereocenters. The number of ether oxygens (including phenoxy) is 1. The first-order valence-corrected chi connectivity index (χ1v) is 7.74. The van der Waals surface area contributed by atoms with Crippen LogP contribution in [0, 0.1) is 0 Å². The normalized spacial score (nSPS) is 21.7. The Morgan fingerprint density at radius 2 is 1.82 bits per heavy atom. The van der Waals surface area contributed by atoms with Crippen molar-refractivity contribution in [1.82, 2.24) is 0 Å². The topological polar surface area (TPSA) is 52.3 Å². The number of nitrogens with two attached hydrogens (primary N) is 1. The maximum Gasteiger partial charge on any atom is 0.331 e. The molecule has 0 aromatic heterocycles. The number of fused-ring (bicyclic) bond motifs is 1. The molecule has 1 aliphatic carbocycles. The molecular weight excluding hydrogens is 274 g/mol. The maximum absolute atomic E-state index is 12.7. The van der Waals surface area contributed by atoms with Gasteiger partial charge >= 0.3 is 5.97 Å². The van der Waals surface area contributed by atoms with Crippen LogP contribution >= 0.6 is 0 Å². The minimum Gasteiger partial charge on any atom is -0.456 e. The second-order valence-electron chi connectivity index (χ2n) is 5.94. The maximum atomic E-state index is 12.7. The highest BCUT2D eigenvalue weighted by Gasteiger charge is 2.41. The van der Waals surface area contributed by atoms with Crippen LogP contribution in [0.4, 0.5) is 0 Å². The first-order valence-electron chi connectivity index (χ1n) is 7.74. The minimum atomic E-state index is -1.03. The fraction of sp³-hybridized carbons (Fsp3) is 0.316. The number of benzene rings is 2. The van der Waals surface area contributed by atoms with E-state index in [9.17, 15) is 4.79 Å². The SMILES string of the molecule is CC(OC(=O)C1(N)CCCc2ccccc21)c1ccccc1. The lowest BCUT2D eigenvalue weighted by Gasteiger charge is -2.34. The summed E-state index contributed by atoms with van der Waals surface area (Å²) in [6.45, 7) is 1.88. The highest BCUT2D eigenvalue weighted by Crippen LogP contribution is 2.35. The molecule has 0 amide bonds. The molecular formula is C19H21NO2. The zero-order valence-electron chi connectivity index (χ0n) is 12.8. The quantitative estimate of drug-likeness (QED) is 0.882. The summed E-state index contributed by atoms with van der Waals surface area (Å²) in [5.41, 5.74) is 8.47. The number of hydrogen-bond acceptors (Lipinski definition) is 3. The third-order valence-electron chi connectivity index (χ3n) is 4.43. The van der Waals surface area contributed by atoms with Crippen molar-refractivity contribution < 1.29 is 9.53 Å². The second-order valence-corrected chi connectivity index (χ2v) is 5.94. The van der Waals surface area contributed by atoms with Crippen LogP contribution in [0.25, 0.3) is 0 Å². The van der Waals surface area contributed by atoms with Gasteiger partial charge in [0.2, 0.25) is 0 Å². The van der Waals surface area contributed by atoms with Gasteiger partial charge in [-0.25, -0.2) is 4.79 Å². The summed E-state index contributed by atoms with van der Waals surface area (Å²) in [4.78, 5) is 12.7. The van der Waals surface area contributed by atoms with Crippen LogP contribution in [0.2, 0.25) is 0 Å². The second kappa shape index (κ2) is 5.93. The van der Waals surface area contributed by atoms with E-state index >= 15 is 0 Å². The van der Waals surface area contributed by atoms with Gasteiger partial charge in [0.05, 0.1) is 0 Å². The van der Waals surface area contributed by atoms with Gasteiger partial charge in [0.25, 0.3) is 0 Å². The fourth-order valence-corrected chi connectivity index (χ4v) is 3.14. The van der Waals surface area contributed by atoms with Gasteiger partial charge in [-0.05, 0) is 42.9 Å². The van der Waals surface area contributed by atoms with Gasteiger partial charge in [-0.1, -0.05) is 54.6 Å². The molecule has 2 aromatic carbocycles. The zero-order chi connectivity index (χ0) is 15.6. The van der Waals surface area contributed by atoms with Gasteiger partial charge in [0.15, 0.2) is 0 Å². The van der Waals surface area contributed by atoms with Crippen molar-refractivity contribution in [2.75, 3.05) is 0 Å². The highest BCUT2D eigenvalue weighted by molar-refractivity contribution is 5.83. The smallest absolute Gasteiger partial charge is 0.331 e. The number of carbonyl (C=O) groups excluding carboxylic acids is 1. The van der Waals surface area contributed by atoms with Crippen molar-refractivity contribution in [3.8, 4) is 0 Å². The van der Waals surface area contributed by atoms with Crippen molar-refractivity contribution in [3.63, 3.8) is 0 Å². The van der Waals surface area contributed by atoms with Crippen LogP contribution in [-0.4, -0.2) is 5.97 Å². The molecule has 0 radical (unpaired) electrons. The summed E-state index contributed by atoms with van der Waals surface area (Å²) in [6, 6.07) is 17.6. The van der Waals surface area contributed by atoms with Gasteiger partial charge < -0.3 is 10.5 Å². The molecule has 2 unspecified atom stereocenters. The number of esters is 1. The Morgan fingerprint density at radius 3 is 2.59 bits per heavy atom. The predicted octanol–water partition coefficient (Wildman–Crippen LogP) is 3.48. The molecule has 114 valence electrons. The number of aryl methyl sites for hydroxylation is 1. The summed E-state index contributed by atoms with van der Waals surface area (Å²) in [5.74, 6) is -0.337. The summed E-state index contributed by atoms with van der Waals surface area (Å²) in [7, 11) is 0. The Kier molecular flexibility index (Phi) is 3.99. The number of hydrogen-bond donors (Lipinski definition) is 1. The molecule has 2 N–H and O–H groups in total. The van der Waals surface area contributed by atoms with Crippen LogP contribution in [0.3, 0.4) is 0 Å². The van der Waals surface area contributed by atoms with Crippen LogP contribution < -0.4 is 5.73 Å². The molecule has 3 nitrogen and oxygen atoms in total. The van der Waals surface area contributed by atoms with Gasteiger partial charge in [-0.2, -0.15) is 0 Å². The van der Waals surface area contributed by atoms with Crippen molar-refractivity contribution in [2.45, 2.75) is 37.8 Å². The van der Waals surface area contributed by atoms with Crippen LogP contribution in [-0.2, 0) is 21.5 Å². The van der Waals surface area contributed by atoms with E-state index in [4.69, 9.17) is 10.5 Å². The fourth-order valence-electron chi connectivity index (χ4n) is 3.14. The lowest BCUT2D eigenvalue weighted by molar-refractivity contribution is -0.156. The lowest BCUT2D eigenvalue weighted by Crippen LogP contribution is -2.48.